The molecule has 1 heterocycles. The number of rotatable bonds is 4. The summed E-state index contributed by atoms with van der Waals surface area (Å²) in [6.07, 6.45) is -3.18. The van der Waals surface area contributed by atoms with E-state index in [0.29, 0.717) is 0 Å². The van der Waals surface area contributed by atoms with Gasteiger partial charge in [-0.2, -0.15) is 8.78 Å². The summed E-state index contributed by atoms with van der Waals surface area (Å²) < 4.78 is 34.3. The Hall–Kier alpha value is -1.43. The van der Waals surface area contributed by atoms with E-state index in [1.807, 2.05) is 0 Å². The smallest absolute Gasteiger partial charge is 0.397 e. The Labute approximate surface area is 84.1 Å². The van der Waals surface area contributed by atoms with Gasteiger partial charge in [-0.3, -0.25) is 4.79 Å². The number of aliphatic hydroxyl groups is 1. The van der Waals surface area contributed by atoms with Gasteiger partial charge in [-0.25, -0.2) is 0 Å². The quantitative estimate of drug-likeness (QED) is 0.835. The number of aliphatic hydroxyl groups excluding tert-OH is 1. The first-order chi connectivity index (χ1) is 6.98. The van der Waals surface area contributed by atoms with Crippen LogP contribution >= 0.6 is 0 Å². The lowest BCUT2D eigenvalue weighted by Crippen LogP contribution is -2.26. The summed E-state index contributed by atoms with van der Waals surface area (Å²) in [5.74, 6) is -0.578. The van der Waals surface area contributed by atoms with Crippen molar-refractivity contribution in [3.05, 3.63) is 28.3 Å². The summed E-state index contributed by atoms with van der Waals surface area (Å²) >= 11 is 0. The Balaban J connectivity index is 2.93. The molecule has 1 rings (SSSR count). The molecule has 4 nitrogen and oxygen atoms in total. The van der Waals surface area contributed by atoms with E-state index in [4.69, 9.17) is 5.11 Å². The first-order valence-corrected chi connectivity index (χ1v) is 4.28. The standard InChI is InChI=1S/C9H10F2O4/c1-2-9(10,11)15-8-5-14-6(4-12)3-7(8)13/h3,5,12H,2,4H2,1H3. The highest BCUT2D eigenvalue weighted by atomic mass is 19.3. The maximum atomic E-state index is 12.7. The molecule has 1 aromatic rings. The number of hydrogen-bond acceptors (Lipinski definition) is 4. The predicted molar refractivity (Wildman–Crippen MR) is 46.8 cm³/mol. The molecule has 6 heteroatoms. The first kappa shape index (κ1) is 11.6. The summed E-state index contributed by atoms with van der Waals surface area (Å²) in [6.45, 7) is 0.753. The van der Waals surface area contributed by atoms with Crippen LogP contribution in [0.3, 0.4) is 0 Å². The molecule has 0 saturated carbocycles. The second kappa shape index (κ2) is 4.39. The molecule has 0 amide bonds. The molecule has 0 aliphatic heterocycles. The van der Waals surface area contributed by atoms with Gasteiger partial charge in [0.25, 0.3) is 0 Å². The van der Waals surface area contributed by atoms with Crippen molar-refractivity contribution in [2.45, 2.75) is 26.1 Å². The van der Waals surface area contributed by atoms with Gasteiger partial charge < -0.3 is 14.3 Å². The highest BCUT2D eigenvalue weighted by Gasteiger charge is 2.29. The van der Waals surface area contributed by atoms with Crippen LogP contribution in [0.4, 0.5) is 8.78 Å². The lowest BCUT2D eigenvalue weighted by Gasteiger charge is -2.14. The maximum Gasteiger partial charge on any atom is 0.397 e. The van der Waals surface area contributed by atoms with E-state index in [-0.39, 0.29) is 5.76 Å². The van der Waals surface area contributed by atoms with Crippen molar-refractivity contribution in [2.75, 3.05) is 0 Å². The fourth-order valence-electron chi connectivity index (χ4n) is 0.829. The molecule has 84 valence electrons. The Bertz CT molecular complexity index is 386. The number of halogens is 2. The number of ether oxygens (including phenoxy) is 1. The van der Waals surface area contributed by atoms with E-state index in [1.165, 1.54) is 6.92 Å². The lowest BCUT2D eigenvalue weighted by atomic mass is 10.4. The molecular formula is C9H10F2O4. The second-order valence-electron chi connectivity index (χ2n) is 2.83. The third kappa shape index (κ3) is 3.02. The van der Waals surface area contributed by atoms with Crippen LogP contribution < -0.4 is 10.2 Å². The van der Waals surface area contributed by atoms with E-state index < -0.39 is 30.3 Å². The van der Waals surface area contributed by atoms with E-state index in [1.54, 1.807) is 0 Å². The minimum absolute atomic E-state index is 0.00725. The largest absolute Gasteiger partial charge is 0.463 e. The molecule has 0 fully saturated rings. The average molecular weight is 220 g/mol. The van der Waals surface area contributed by atoms with Gasteiger partial charge in [-0.15, -0.1) is 0 Å². The summed E-state index contributed by atoms with van der Waals surface area (Å²) in [7, 11) is 0. The molecule has 0 bridgehead atoms. The van der Waals surface area contributed by atoms with Crippen molar-refractivity contribution in [1.29, 1.82) is 0 Å². The van der Waals surface area contributed by atoms with Gasteiger partial charge in [0.15, 0.2) is 0 Å². The van der Waals surface area contributed by atoms with Crippen molar-refractivity contribution in [3.63, 3.8) is 0 Å². The van der Waals surface area contributed by atoms with Gasteiger partial charge in [-0.05, 0) is 0 Å². The molecule has 0 radical (unpaired) electrons. The van der Waals surface area contributed by atoms with Crippen molar-refractivity contribution in [2.24, 2.45) is 0 Å². The molecule has 15 heavy (non-hydrogen) atoms. The zero-order valence-corrected chi connectivity index (χ0v) is 8.00. The van der Waals surface area contributed by atoms with Crippen LogP contribution in [0.2, 0.25) is 0 Å². The van der Waals surface area contributed by atoms with Crippen molar-refractivity contribution in [1.82, 2.24) is 0 Å². The summed E-state index contributed by atoms with van der Waals surface area (Å²) in [4.78, 5) is 11.2. The van der Waals surface area contributed by atoms with Gasteiger partial charge >= 0.3 is 6.11 Å². The van der Waals surface area contributed by atoms with Crippen molar-refractivity contribution < 1.29 is 23.0 Å². The van der Waals surface area contributed by atoms with Crippen LogP contribution in [-0.4, -0.2) is 11.2 Å². The number of hydrogen-bond donors (Lipinski definition) is 1. The molecule has 0 unspecified atom stereocenters. The van der Waals surface area contributed by atoms with Gasteiger partial charge in [0, 0.05) is 12.5 Å². The van der Waals surface area contributed by atoms with E-state index in [0.717, 1.165) is 12.3 Å². The molecule has 1 N–H and O–H groups in total. The van der Waals surface area contributed by atoms with Crippen molar-refractivity contribution >= 4 is 0 Å². The highest BCUT2D eigenvalue weighted by molar-refractivity contribution is 5.17. The first-order valence-electron chi connectivity index (χ1n) is 4.28. The predicted octanol–water partition coefficient (Wildman–Crippen LogP) is 1.51. The minimum Gasteiger partial charge on any atom is -0.463 e. The Morgan fingerprint density at radius 3 is 2.73 bits per heavy atom. The molecule has 0 aliphatic carbocycles. The van der Waals surface area contributed by atoms with Crippen LogP contribution in [0, 0.1) is 0 Å². The molecular weight excluding hydrogens is 210 g/mol. The Morgan fingerprint density at radius 1 is 1.60 bits per heavy atom. The van der Waals surface area contributed by atoms with Gasteiger partial charge in [0.05, 0.1) is 0 Å². The third-order valence-corrected chi connectivity index (χ3v) is 1.68. The van der Waals surface area contributed by atoms with Crippen LogP contribution in [0.1, 0.15) is 19.1 Å². The zero-order chi connectivity index (χ0) is 11.5. The Morgan fingerprint density at radius 2 is 2.27 bits per heavy atom. The summed E-state index contributed by atoms with van der Waals surface area (Å²) in [5.41, 5.74) is -0.751. The number of alkyl halides is 2. The SMILES string of the molecule is CCC(F)(F)Oc1coc(CO)cc1=O. The summed E-state index contributed by atoms with van der Waals surface area (Å²) in [6, 6.07) is 0.904. The van der Waals surface area contributed by atoms with Crippen molar-refractivity contribution in [3.8, 4) is 5.75 Å². The minimum atomic E-state index is -3.39. The van der Waals surface area contributed by atoms with Gasteiger partial charge in [0.1, 0.15) is 18.6 Å². The topological polar surface area (TPSA) is 59.7 Å². The molecule has 0 aromatic carbocycles. The van der Waals surface area contributed by atoms with E-state index >= 15 is 0 Å². The fourth-order valence-corrected chi connectivity index (χ4v) is 0.829. The van der Waals surface area contributed by atoms with Crippen LogP contribution in [0.15, 0.2) is 21.5 Å². The lowest BCUT2D eigenvalue weighted by molar-refractivity contribution is -0.178. The molecule has 0 saturated heterocycles. The molecule has 0 aliphatic rings. The highest BCUT2D eigenvalue weighted by Crippen LogP contribution is 2.21. The van der Waals surface area contributed by atoms with Gasteiger partial charge in [0.2, 0.25) is 11.2 Å². The normalized spacial score (nSPS) is 11.5. The second-order valence-corrected chi connectivity index (χ2v) is 2.83. The zero-order valence-electron chi connectivity index (χ0n) is 8.00. The van der Waals surface area contributed by atoms with Gasteiger partial charge in [-0.1, -0.05) is 6.92 Å². The third-order valence-electron chi connectivity index (χ3n) is 1.68. The average Bonchev–Trinajstić information content (AvgIpc) is 2.21. The summed E-state index contributed by atoms with van der Waals surface area (Å²) in [5, 5.41) is 8.61. The van der Waals surface area contributed by atoms with E-state index in [9.17, 15) is 13.6 Å². The van der Waals surface area contributed by atoms with Crippen LogP contribution in [-0.2, 0) is 6.61 Å². The maximum absolute atomic E-state index is 12.7. The van der Waals surface area contributed by atoms with E-state index in [2.05, 4.69) is 9.15 Å². The molecule has 0 spiro atoms. The monoisotopic (exact) mass is 220 g/mol. The molecule has 0 atom stereocenters. The fraction of sp³-hybridized carbons (Fsp3) is 0.444. The molecule has 1 aromatic heterocycles. The van der Waals surface area contributed by atoms with Crippen LogP contribution in [0.5, 0.6) is 5.75 Å². The Kier molecular flexibility index (Phi) is 3.41. The van der Waals surface area contributed by atoms with Crippen LogP contribution in [0.25, 0.3) is 0 Å².